The van der Waals surface area contributed by atoms with Crippen molar-refractivity contribution in [2.45, 2.75) is 13.0 Å². The zero-order valence-electron chi connectivity index (χ0n) is 11.3. The van der Waals surface area contributed by atoms with Gasteiger partial charge in [-0.2, -0.15) is 0 Å². The van der Waals surface area contributed by atoms with Gasteiger partial charge in [-0.15, -0.1) is 12.4 Å². The molecule has 1 aromatic rings. The topological polar surface area (TPSA) is 58.4 Å². The minimum Gasteiger partial charge on any atom is -0.351 e. The standard InChI is InChI=1S/C14H20FN3O.ClH/c15-13-3-1-11(2-4-13)8-17-14(19)10-18-6-5-12(7-16)9-18;/h1-4,12H,5-10,16H2,(H,17,19);1H. The second-order valence-corrected chi connectivity index (χ2v) is 5.03. The van der Waals surface area contributed by atoms with Crippen molar-refractivity contribution >= 4 is 18.3 Å². The van der Waals surface area contributed by atoms with Crippen molar-refractivity contribution in [3.05, 3.63) is 35.6 Å². The molecular weight excluding hydrogens is 281 g/mol. The second kappa shape index (κ2) is 8.19. The Hall–Kier alpha value is -1.17. The Morgan fingerprint density at radius 2 is 2.10 bits per heavy atom. The number of nitrogens with zero attached hydrogens (tertiary/aromatic N) is 1. The molecule has 0 radical (unpaired) electrons. The van der Waals surface area contributed by atoms with Crippen LogP contribution in [-0.2, 0) is 11.3 Å². The Morgan fingerprint density at radius 1 is 1.40 bits per heavy atom. The molecule has 1 amide bonds. The highest BCUT2D eigenvalue weighted by Crippen LogP contribution is 2.13. The molecule has 1 fully saturated rings. The van der Waals surface area contributed by atoms with Crippen LogP contribution in [0.25, 0.3) is 0 Å². The first-order valence-corrected chi connectivity index (χ1v) is 6.61. The Kier molecular flexibility index (Phi) is 6.91. The molecule has 0 saturated carbocycles. The average Bonchev–Trinajstić information content (AvgIpc) is 2.86. The molecular formula is C14H21ClFN3O. The van der Waals surface area contributed by atoms with E-state index in [1.807, 2.05) is 0 Å². The number of likely N-dealkylation sites (tertiary alicyclic amines) is 1. The number of hydrogen-bond acceptors (Lipinski definition) is 3. The van der Waals surface area contributed by atoms with E-state index in [4.69, 9.17) is 5.73 Å². The summed E-state index contributed by atoms with van der Waals surface area (Å²) in [5.41, 5.74) is 6.51. The van der Waals surface area contributed by atoms with E-state index in [1.54, 1.807) is 12.1 Å². The Morgan fingerprint density at radius 3 is 2.70 bits per heavy atom. The number of rotatable bonds is 5. The zero-order chi connectivity index (χ0) is 13.7. The summed E-state index contributed by atoms with van der Waals surface area (Å²) < 4.78 is 12.7. The van der Waals surface area contributed by atoms with Gasteiger partial charge in [0, 0.05) is 13.1 Å². The molecule has 1 aromatic carbocycles. The van der Waals surface area contributed by atoms with Crippen molar-refractivity contribution in [3.63, 3.8) is 0 Å². The highest BCUT2D eigenvalue weighted by molar-refractivity contribution is 5.85. The second-order valence-electron chi connectivity index (χ2n) is 5.03. The van der Waals surface area contributed by atoms with Crippen LogP contribution in [0.2, 0.25) is 0 Å². The van der Waals surface area contributed by atoms with Gasteiger partial charge >= 0.3 is 0 Å². The fraction of sp³-hybridized carbons (Fsp3) is 0.500. The number of carbonyl (C=O) groups is 1. The summed E-state index contributed by atoms with van der Waals surface area (Å²) in [6.45, 7) is 3.38. The lowest BCUT2D eigenvalue weighted by atomic mass is 10.1. The third-order valence-electron chi connectivity index (χ3n) is 3.47. The van der Waals surface area contributed by atoms with E-state index in [9.17, 15) is 9.18 Å². The third kappa shape index (κ3) is 5.07. The maximum absolute atomic E-state index is 12.7. The molecule has 0 spiro atoms. The molecule has 1 aliphatic rings. The van der Waals surface area contributed by atoms with Gasteiger partial charge in [0.1, 0.15) is 5.82 Å². The van der Waals surface area contributed by atoms with E-state index in [0.717, 1.165) is 25.1 Å². The highest BCUT2D eigenvalue weighted by Gasteiger charge is 2.22. The van der Waals surface area contributed by atoms with Crippen molar-refractivity contribution in [3.8, 4) is 0 Å². The van der Waals surface area contributed by atoms with Crippen LogP contribution in [0.1, 0.15) is 12.0 Å². The lowest BCUT2D eigenvalue weighted by molar-refractivity contribution is -0.122. The molecule has 0 bridgehead atoms. The van der Waals surface area contributed by atoms with Crippen LogP contribution in [0.3, 0.4) is 0 Å². The molecule has 1 atom stereocenters. The van der Waals surface area contributed by atoms with Gasteiger partial charge in [0.05, 0.1) is 6.54 Å². The molecule has 20 heavy (non-hydrogen) atoms. The monoisotopic (exact) mass is 301 g/mol. The fourth-order valence-electron chi connectivity index (χ4n) is 2.31. The molecule has 1 unspecified atom stereocenters. The van der Waals surface area contributed by atoms with Crippen LogP contribution >= 0.6 is 12.4 Å². The van der Waals surface area contributed by atoms with Gasteiger partial charge in [-0.3, -0.25) is 9.69 Å². The van der Waals surface area contributed by atoms with Gasteiger partial charge in [0.2, 0.25) is 5.91 Å². The number of carbonyl (C=O) groups excluding carboxylic acids is 1. The Bertz CT molecular complexity index is 427. The van der Waals surface area contributed by atoms with Gasteiger partial charge in [-0.1, -0.05) is 12.1 Å². The van der Waals surface area contributed by atoms with Crippen LogP contribution in [0, 0.1) is 11.7 Å². The molecule has 112 valence electrons. The maximum Gasteiger partial charge on any atom is 0.234 e. The molecule has 1 saturated heterocycles. The van der Waals surface area contributed by atoms with E-state index < -0.39 is 0 Å². The predicted molar refractivity (Wildman–Crippen MR) is 79.1 cm³/mol. The number of amides is 1. The quantitative estimate of drug-likeness (QED) is 0.857. The van der Waals surface area contributed by atoms with E-state index >= 15 is 0 Å². The molecule has 4 nitrogen and oxygen atoms in total. The molecule has 1 aliphatic heterocycles. The number of halogens is 2. The van der Waals surface area contributed by atoms with Crippen molar-refractivity contribution in [2.75, 3.05) is 26.2 Å². The zero-order valence-corrected chi connectivity index (χ0v) is 12.2. The summed E-state index contributed by atoms with van der Waals surface area (Å²) in [6.07, 6.45) is 1.07. The average molecular weight is 302 g/mol. The Labute approximate surface area is 124 Å². The first-order chi connectivity index (χ1) is 9.17. The summed E-state index contributed by atoms with van der Waals surface area (Å²) in [5, 5.41) is 2.84. The van der Waals surface area contributed by atoms with Gasteiger partial charge in [-0.25, -0.2) is 4.39 Å². The van der Waals surface area contributed by atoms with Crippen molar-refractivity contribution < 1.29 is 9.18 Å². The number of benzene rings is 1. The highest BCUT2D eigenvalue weighted by atomic mass is 35.5. The van der Waals surface area contributed by atoms with Gasteiger partial charge in [-0.05, 0) is 43.1 Å². The normalized spacial score (nSPS) is 18.6. The lowest BCUT2D eigenvalue weighted by Gasteiger charge is -2.15. The summed E-state index contributed by atoms with van der Waals surface area (Å²) in [6, 6.07) is 6.15. The maximum atomic E-state index is 12.7. The van der Waals surface area contributed by atoms with Crippen LogP contribution in [0.4, 0.5) is 4.39 Å². The van der Waals surface area contributed by atoms with Crippen LogP contribution < -0.4 is 11.1 Å². The van der Waals surface area contributed by atoms with Gasteiger partial charge in [0.15, 0.2) is 0 Å². The minimum atomic E-state index is -0.264. The lowest BCUT2D eigenvalue weighted by Crippen LogP contribution is -2.36. The molecule has 2 rings (SSSR count). The van der Waals surface area contributed by atoms with Crippen LogP contribution in [0.5, 0.6) is 0 Å². The van der Waals surface area contributed by atoms with E-state index in [1.165, 1.54) is 12.1 Å². The van der Waals surface area contributed by atoms with E-state index in [0.29, 0.717) is 25.6 Å². The molecule has 3 N–H and O–H groups in total. The first kappa shape index (κ1) is 16.9. The van der Waals surface area contributed by atoms with Crippen molar-refractivity contribution in [1.29, 1.82) is 0 Å². The number of nitrogens with two attached hydrogens (primary N) is 1. The first-order valence-electron chi connectivity index (χ1n) is 6.61. The minimum absolute atomic E-state index is 0. The number of nitrogens with one attached hydrogen (secondary N) is 1. The molecule has 1 heterocycles. The van der Waals surface area contributed by atoms with E-state index in [2.05, 4.69) is 10.2 Å². The smallest absolute Gasteiger partial charge is 0.234 e. The van der Waals surface area contributed by atoms with Crippen LogP contribution in [0.15, 0.2) is 24.3 Å². The summed E-state index contributed by atoms with van der Waals surface area (Å²) >= 11 is 0. The summed E-state index contributed by atoms with van der Waals surface area (Å²) in [5.74, 6) is 0.256. The number of hydrogen-bond donors (Lipinski definition) is 2. The largest absolute Gasteiger partial charge is 0.351 e. The van der Waals surface area contributed by atoms with Crippen molar-refractivity contribution in [1.82, 2.24) is 10.2 Å². The van der Waals surface area contributed by atoms with E-state index in [-0.39, 0.29) is 24.1 Å². The molecule has 0 aliphatic carbocycles. The molecule has 6 heteroatoms. The summed E-state index contributed by atoms with van der Waals surface area (Å²) in [7, 11) is 0. The Balaban J connectivity index is 0.00000200. The summed E-state index contributed by atoms with van der Waals surface area (Å²) in [4.78, 5) is 13.9. The predicted octanol–water partition coefficient (Wildman–Crippen LogP) is 1.14. The van der Waals surface area contributed by atoms with Gasteiger partial charge in [0.25, 0.3) is 0 Å². The SMILES string of the molecule is Cl.NCC1CCN(CC(=O)NCc2ccc(F)cc2)C1. The van der Waals surface area contributed by atoms with Gasteiger partial charge < -0.3 is 11.1 Å². The molecule has 0 aromatic heterocycles. The van der Waals surface area contributed by atoms with Crippen molar-refractivity contribution in [2.24, 2.45) is 11.7 Å². The van der Waals surface area contributed by atoms with Crippen LogP contribution in [-0.4, -0.2) is 37.0 Å². The fourth-order valence-corrected chi connectivity index (χ4v) is 2.31. The third-order valence-corrected chi connectivity index (χ3v) is 3.47.